The van der Waals surface area contributed by atoms with E-state index >= 15 is 0 Å². The Morgan fingerprint density at radius 3 is 2.17 bits per heavy atom. The van der Waals surface area contributed by atoms with Crippen molar-refractivity contribution in [1.82, 2.24) is 5.32 Å². The molecule has 2 amide bonds. The Kier molecular flexibility index (Phi) is 6.77. The predicted octanol–water partition coefficient (Wildman–Crippen LogP) is 4.27. The van der Waals surface area contributed by atoms with Crippen molar-refractivity contribution in [3.05, 3.63) is 88.4 Å². The summed E-state index contributed by atoms with van der Waals surface area (Å²) >= 11 is 6.10. The van der Waals surface area contributed by atoms with Gasteiger partial charge in [-0.15, -0.1) is 0 Å². The summed E-state index contributed by atoms with van der Waals surface area (Å²) in [6, 6.07) is 20.0. The van der Waals surface area contributed by atoms with Crippen LogP contribution < -0.4 is 10.6 Å². The number of aliphatic carboxylic acids is 1. The van der Waals surface area contributed by atoms with Gasteiger partial charge in [0.1, 0.15) is 6.61 Å². The number of hydrogen-bond acceptors (Lipinski definition) is 5. The second kappa shape index (κ2) is 9.77. The fourth-order valence-electron chi connectivity index (χ4n) is 4.03. The summed E-state index contributed by atoms with van der Waals surface area (Å²) in [7, 11) is 0. The molecule has 35 heavy (non-hydrogen) atoms. The highest BCUT2D eigenvalue weighted by molar-refractivity contribution is 6.31. The van der Waals surface area contributed by atoms with Crippen LogP contribution in [0.2, 0.25) is 5.02 Å². The van der Waals surface area contributed by atoms with Crippen LogP contribution in [0.4, 0.5) is 10.5 Å². The number of rotatable bonds is 7. The second-order valence-corrected chi connectivity index (χ2v) is 8.87. The first-order chi connectivity index (χ1) is 16.7. The third kappa shape index (κ3) is 4.99. The third-order valence-corrected chi connectivity index (χ3v) is 6.15. The van der Waals surface area contributed by atoms with E-state index in [1.54, 1.807) is 0 Å². The van der Waals surface area contributed by atoms with Crippen LogP contribution in [-0.2, 0) is 9.53 Å². The number of carboxylic acids is 1. The summed E-state index contributed by atoms with van der Waals surface area (Å²) < 4.78 is 5.51. The third-order valence-electron chi connectivity index (χ3n) is 5.93. The molecule has 0 saturated carbocycles. The average Bonchev–Trinajstić information content (AvgIpc) is 3.16. The molecule has 1 unspecified atom stereocenters. The van der Waals surface area contributed by atoms with Crippen molar-refractivity contribution in [2.75, 3.05) is 18.5 Å². The van der Waals surface area contributed by atoms with Crippen molar-refractivity contribution < 1.29 is 29.3 Å². The molecule has 1 aliphatic carbocycles. The molecule has 4 rings (SSSR count). The molecule has 9 heteroatoms. The van der Waals surface area contributed by atoms with Crippen molar-refractivity contribution in [3.63, 3.8) is 0 Å². The first kappa shape index (κ1) is 24.3. The van der Waals surface area contributed by atoms with E-state index in [1.165, 1.54) is 25.1 Å². The molecule has 4 N–H and O–H groups in total. The van der Waals surface area contributed by atoms with Gasteiger partial charge in [0.25, 0.3) is 5.91 Å². The van der Waals surface area contributed by atoms with Gasteiger partial charge in [-0.2, -0.15) is 0 Å². The molecule has 1 atom stereocenters. The van der Waals surface area contributed by atoms with E-state index in [0.29, 0.717) is 0 Å². The number of hydrogen-bond donors (Lipinski definition) is 4. The number of halogens is 1. The van der Waals surface area contributed by atoms with Gasteiger partial charge in [0.05, 0.1) is 6.61 Å². The summed E-state index contributed by atoms with van der Waals surface area (Å²) in [4.78, 5) is 36.5. The molecular weight excluding hydrogens is 472 g/mol. The van der Waals surface area contributed by atoms with E-state index in [-0.39, 0.29) is 28.8 Å². The number of amides is 2. The van der Waals surface area contributed by atoms with E-state index < -0.39 is 30.1 Å². The molecule has 0 saturated heterocycles. The van der Waals surface area contributed by atoms with E-state index in [2.05, 4.69) is 10.6 Å². The van der Waals surface area contributed by atoms with Crippen LogP contribution in [0.3, 0.4) is 0 Å². The maximum atomic E-state index is 12.6. The molecule has 0 heterocycles. The average molecular weight is 495 g/mol. The highest BCUT2D eigenvalue weighted by Crippen LogP contribution is 2.44. The van der Waals surface area contributed by atoms with Gasteiger partial charge in [-0.3, -0.25) is 10.1 Å². The molecule has 3 aromatic carbocycles. The number of fused-ring (bicyclic) bond motifs is 3. The predicted molar refractivity (Wildman–Crippen MR) is 131 cm³/mol. The lowest BCUT2D eigenvalue weighted by Crippen LogP contribution is -2.54. The molecule has 0 spiro atoms. The monoisotopic (exact) mass is 494 g/mol. The molecule has 8 nitrogen and oxygen atoms in total. The molecule has 0 aliphatic heterocycles. The minimum Gasteiger partial charge on any atom is -0.479 e. The van der Waals surface area contributed by atoms with Crippen molar-refractivity contribution >= 4 is 35.3 Å². The van der Waals surface area contributed by atoms with E-state index in [9.17, 15) is 24.6 Å². The molecule has 1 aliphatic rings. The highest BCUT2D eigenvalue weighted by atomic mass is 35.5. The van der Waals surface area contributed by atoms with Gasteiger partial charge in [-0.05, 0) is 47.4 Å². The van der Waals surface area contributed by atoms with Gasteiger partial charge in [0, 0.05) is 22.2 Å². The highest BCUT2D eigenvalue weighted by Gasteiger charge is 2.34. The number of carbonyl (C=O) groups excluding carboxylic acids is 2. The fourth-order valence-corrected chi connectivity index (χ4v) is 4.26. The molecule has 0 radical (unpaired) electrons. The summed E-state index contributed by atoms with van der Waals surface area (Å²) in [5.74, 6) is -2.28. The summed E-state index contributed by atoms with van der Waals surface area (Å²) in [5, 5.41) is 23.6. The molecule has 0 bridgehead atoms. The Hall–Kier alpha value is -3.88. The van der Waals surface area contributed by atoms with Gasteiger partial charge in [-0.1, -0.05) is 60.1 Å². The van der Waals surface area contributed by atoms with Gasteiger partial charge in [0.2, 0.25) is 0 Å². The first-order valence-corrected chi connectivity index (χ1v) is 11.2. The Bertz CT molecular complexity index is 1270. The molecule has 0 aromatic heterocycles. The Labute approximate surface area is 206 Å². The Morgan fingerprint density at radius 2 is 1.60 bits per heavy atom. The minimum atomic E-state index is -1.88. The van der Waals surface area contributed by atoms with Crippen LogP contribution in [0.15, 0.2) is 66.7 Å². The van der Waals surface area contributed by atoms with Crippen LogP contribution in [0.25, 0.3) is 11.1 Å². The van der Waals surface area contributed by atoms with Crippen LogP contribution in [0.5, 0.6) is 0 Å². The number of aliphatic hydroxyl groups excluding tert-OH is 1. The number of benzene rings is 3. The minimum absolute atomic E-state index is 0.00683. The van der Waals surface area contributed by atoms with Gasteiger partial charge in [0.15, 0.2) is 5.54 Å². The molecule has 0 fully saturated rings. The lowest BCUT2D eigenvalue weighted by molar-refractivity contribution is -0.145. The van der Waals surface area contributed by atoms with Crippen molar-refractivity contribution in [2.45, 2.75) is 18.4 Å². The SMILES string of the molecule is CC(CO)(NC(=O)c1cc(Cl)cc(NC(=O)OCC2c3ccccc3-c3ccccc32)c1)C(=O)O. The number of carboxylic acid groups (broad SMARTS) is 1. The lowest BCUT2D eigenvalue weighted by Gasteiger charge is -2.23. The first-order valence-electron chi connectivity index (χ1n) is 10.8. The van der Waals surface area contributed by atoms with Crippen LogP contribution in [-0.4, -0.2) is 46.9 Å². The number of nitrogens with one attached hydrogen (secondary N) is 2. The van der Waals surface area contributed by atoms with Crippen LogP contribution >= 0.6 is 11.6 Å². The maximum Gasteiger partial charge on any atom is 0.411 e. The number of anilines is 1. The van der Waals surface area contributed by atoms with Crippen molar-refractivity contribution in [1.29, 1.82) is 0 Å². The number of ether oxygens (including phenoxy) is 1. The van der Waals surface area contributed by atoms with Crippen LogP contribution in [0.1, 0.15) is 34.3 Å². The zero-order valence-corrected chi connectivity index (χ0v) is 19.5. The smallest absolute Gasteiger partial charge is 0.411 e. The lowest BCUT2D eigenvalue weighted by atomic mass is 9.98. The zero-order chi connectivity index (χ0) is 25.2. The topological polar surface area (TPSA) is 125 Å². The number of carbonyl (C=O) groups is 3. The van der Waals surface area contributed by atoms with E-state index in [1.807, 2.05) is 48.5 Å². The molecule has 3 aromatic rings. The largest absolute Gasteiger partial charge is 0.479 e. The molecule has 180 valence electrons. The summed E-state index contributed by atoms with van der Waals surface area (Å²) in [6.07, 6.45) is -0.730. The Morgan fingerprint density at radius 1 is 1.00 bits per heavy atom. The standard InChI is InChI=1S/C26H23ClN2O6/c1-26(14-30,24(32)33)29-23(31)15-10-16(27)12-17(11-15)28-25(34)35-13-22-20-8-4-2-6-18(20)19-7-3-5-9-21(19)22/h2-12,22,30H,13-14H2,1H3,(H,28,34)(H,29,31)(H,32,33). The van der Waals surface area contributed by atoms with Crippen LogP contribution in [0, 0.1) is 0 Å². The Balaban J connectivity index is 1.45. The van der Waals surface area contributed by atoms with E-state index in [0.717, 1.165) is 22.3 Å². The zero-order valence-electron chi connectivity index (χ0n) is 18.7. The summed E-state index contributed by atoms with van der Waals surface area (Å²) in [6.45, 7) is 0.481. The van der Waals surface area contributed by atoms with E-state index in [4.69, 9.17) is 16.3 Å². The maximum absolute atomic E-state index is 12.6. The fraction of sp³-hybridized carbons (Fsp3) is 0.192. The van der Waals surface area contributed by atoms with Crippen molar-refractivity contribution in [3.8, 4) is 11.1 Å². The van der Waals surface area contributed by atoms with Gasteiger partial charge >= 0.3 is 12.1 Å². The van der Waals surface area contributed by atoms with Gasteiger partial charge < -0.3 is 20.3 Å². The molecular formula is C26H23ClN2O6. The number of aliphatic hydroxyl groups is 1. The quantitative estimate of drug-likeness (QED) is 0.389. The van der Waals surface area contributed by atoms with Gasteiger partial charge in [-0.25, -0.2) is 9.59 Å². The van der Waals surface area contributed by atoms with Crippen molar-refractivity contribution in [2.24, 2.45) is 0 Å². The normalized spacial score (nSPS) is 13.8. The summed E-state index contributed by atoms with van der Waals surface area (Å²) in [5.41, 5.74) is 2.70. The second-order valence-electron chi connectivity index (χ2n) is 8.43.